The van der Waals surface area contributed by atoms with Crippen molar-refractivity contribution >= 4 is 40.9 Å². The third-order valence-corrected chi connectivity index (χ3v) is 5.11. The molecule has 160 valence electrons. The van der Waals surface area contributed by atoms with E-state index in [-0.39, 0.29) is 24.7 Å². The van der Waals surface area contributed by atoms with Gasteiger partial charge in [-0.2, -0.15) is 5.26 Å². The van der Waals surface area contributed by atoms with Gasteiger partial charge in [0, 0.05) is 28.5 Å². The van der Waals surface area contributed by atoms with Crippen LogP contribution in [0.25, 0.3) is 6.08 Å². The molecule has 3 aromatic rings. The van der Waals surface area contributed by atoms with Crippen molar-refractivity contribution in [2.75, 3.05) is 11.7 Å². The van der Waals surface area contributed by atoms with Gasteiger partial charge in [-0.05, 0) is 24.3 Å². The number of hydrogen-bond acceptors (Lipinski definition) is 6. The van der Waals surface area contributed by atoms with Gasteiger partial charge in [0.1, 0.15) is 5.75 Å². The minimum atomic E-state index is -0.590. The number of anilines is 1. The molecule has 0 unspecified atom stereocenters. The highest BCUT2D eigenvalue weighted by Crippen LogP contribution is 2.34. The zero-order valence-electron chi connectivity index (χ0n) is 16.6. The monoisotopic (exact) mass is 468 g/mol. The molecular weight excluding hydrogens is 454 g/mol. The molecule has 6 nitrogen and oxygen atoms in total. The minimum absolute atomic E-state index is 0.0312. The van der Waals surface area contributed by atoms with Crippen LogP contribution in [0.5, 0.6) is 11.5 Å². The first kappa shape index (κ1) is 21.6. The topological polar surface area (TPSA) is 70.7 Å². The highest BCUT2D eigenvalue weighted by molar-refractivity contribution is 6.33. The molecule has 2 aromatic carbocycles. The SMILES string of the molecule is C=Cc1ccc(CC2=NN(c3ccncc3Cl)CO2)c(F)c1Oc1cc(Cl)cc(C#N)c1. The zero-order chi connectivity index (χ0) is 22.7. The van der Waals surface area contributed by atoms with E-state index < -0.39 is 5.82 Å². The van der Waals surface area contributed by atoms with Gasteiger partial charge in [0.25, 0.3) is 0 Å². The van der Waals surface area contributed by atoms with Gasteiger partial charge in [-0.15, -0.1) is 5.10 Å². The molecule has 0 bridgehead atoms. The molecule has 0 atom stereocenters. The number of hydrazone groups is 1. The fourth-order valence-corrected chi connectivity index (χ4v) is 3.54. The van der Waals surface area contributed by atoms with Crippen LogP contribution in [-0.4, -0.2) is 17.6 Å². The summed E-state index contributed by atoms with van der Waals surface area (Å²) < 4.78 is 26.8. The highest BCUT2D eigenvalue weighted by atomic mass is 35.5. The van der Waals surface area contributed by atoms with Crippen molar-refractivity contribution in [3.05, 3.63) is 87.9 Å². The van der Waals surface area contributed by atoms with E-state index in [2.05, 4.69) is 16.7 Å². The van der Waals surface area contributed by atoms with Crippen LogP contribution < -0.4 is 9.75 Å². The predicted molar refractivity (Wildman–Crippen MR) is 122 cm³/mol. The average Bonchev–Trinajstić information content (AvgIpc) is 3.25. The lowest BCUT2D eigenvalue weighted by Crippen LogP contribution is -2.13. The number of ether oxygens (including phenoxy) is 2. The quantitative estimate of drug-likeness (QED) is 0.431. The third-order valence-electron chi connectivity index (χ3n) is 4.60. The van der Waals surface area contributed by atoms with E-state index in [0.29, 0.717) is 38.3 Å². The van der Waals surface area contributed by atoms with Crippen molar-refractivity contribution in [3.63, 3.8) is 0 Å². The lowest BCUT2D eigenvalue weighted by atomic mass is 10.1. The Bertz CT molecular complexity index is 1270. The first-order valence-corrected chi connectivity index (χ1v) is 10.1. The number of nitriles is 1. The summed E-state index contributed by atoms with van der Waals surface area (Å²) in [5.74, 6) is -0.0615. The molecule has 9 heteroatoms. The van der Waals surface area contributed by atoms with Gasteiger partial charge in [0.05, 0.1) is 28.8 Å². The van der Waals surface area contributed by atoms with Crippen LogP contribution in [0.2, 0.25) is 10.0 Å². The molecule has 1 aliphatic rings. The average molecular weight is 469 g/mol. The third kappa shape index (κ3) is 4.52. The largest absolute Gasteiger partial charge is 0.456 e. The van der Waals surface area contributed by atoms with Gasteiger partial charge in [-0.1, -0.05) is 48.0 Å². The molecule has 0 aliphatic carbocycles. The summed E-state index contributed by atoms with van der Waals surface area (Å²) in [6.07, 6.45) is 4.68. The molecule has 4 rings (SSSR count). The van der Waals surface area contributed by atoms with Crippen molar-refractivity contribution in [3.8, 4) is 17.6 Å². The van der Waals surface area contributed by atoms with E-state index in [0.717, 1.165) is 0 Å². The maximum Gasteiger partial charge on any atom is 0.212 e. The van der Waals surface area contributed by atoms with Crippen LogP contribution in [0.15, 0.2) is 60.5 Å². The molecule has 0 radical (unpaired) electrons. The van der Waals surface area contributed by atoms with E-state index in [1.54, 1.807) is 29.4 Å². The number of aromatic nitrogens is 1. The second kappa shape index (κ2) is 9.27. The summed E-state index contributed by atoms with van der Waals surface area (Å²) in [4.78, 5) is 3.95. The molecule has 2 heterocycles. The smallest absolute Gasteiger partial charge is 0.212 e. The molecule has 32 heavy (non-hydrogen) atoms. The summed E-state index contributed by atoms with van der Waals surface area (Å²) in [5, 5.41) is 15.8. The summed E-state index contributed by atoms with van der Waals surface area (Å²) in [5.41, 5.74) is 1.70. The summed E-state index contributed by atoms with van der Waals surface area (Å²) in [6, 6.07) is 11.5. The molecule has 0 N–H and O–H groups in total. The van der Waals surface area contributed by atoms with Gasteiger partial charge >= 0.3 is 0 Å². The van der Waals surface area contributed by atoms with Crippen molar-refractivity contribution in [1.29, 1.82) is 5.26 Å². The number of rotatable bonds is 6. The summed E-state index contributed by atoms with van der Waals surface area (Å²) >= 11 is 12.2. The highest BCUT2D eigenvalue weighted by Gasteiger charge is 2.22. The van der Waals surface area contributed by atoms with Gasteiger partial charge in [-0.3, -0.25) is 4.98 Å². The molecule has 1 aromatic heterocycles. The number of hydrogen-bond donors (Lipinski definition) is 0. The number of pyridine rings is 1. The first-order valence-electron chi connectivity index (χ1n) is 9.38. The maximum atomic E-state index is 15.4. The molecule has 1 aliphatic heterocycles. The van der Waals surface area contributed by atoms with Gasteiger partial charge in [0.15, 0.2) is 18.3 Å². The fourth-order valence-electron chi connectivity index (χ4n) is 3.09. The van der Waals surface area contributed by atoms with Crippen LogP contribution >= 0.6 is 23.2 Å². The molecule has 0 saturated heterocycles. The Hall–Kier alpha value is -3.60. The standard InChI is InChI=1S/C23H15Cl2FN4O2/c1-2-15-3-4-16(9-21-29-30(13-31-21)20-5-6-28-12-19(20)25)22(26)23(15)32-18-8-14(11-27)7-17(24)10-18/h2-8,10,12H,1,9,13H2. The second-order valence-corrected chi connectivity index (χ2v) is 7.56. The Kier molecular flexibility index (Phi) is 6.26. The normalized spacial score (nSPS) is 12.7. The molecule has 0 amide bonds. The maximum absolute atomic E-state index is 15.4. The van der Waals surface area contributed by atoms with E-state index in [1.165, 1.54) is 30.5 Å². The molecular formula is C23H15Cl2FN4O2. The van der Waals surface area contributed by atoms with Crippen molar-refractivity contribution in [2.24, 2.45) is 5.10 Å². The number of halogens is 3. The van der Waals surface area contributed by atoms with Crippen LogP contribution in [-0.2, 0) is 11.2 Å². The zero-order valence-corrected chi connectivity index (χ0v) is 18.1. The Balaban J connectivity index is 1.62. The number of benzene rings is 2. The van der Waals surface area contributed by atoms with E-state index in [1.807, 2.05) is 6.07 Å². The first-order chi connectivity index (χ1) is 15.5. The summed E-state index contributed by atoms with van der Waals surface area (Å²) in [6.45, 7) is 3.86. The number of nitrogens with zero attached hydrogens (tertiary/aromatic N) is 4. The predicted octanol–water partition coefficient (Wildman–Crippen LogP) is 6.18. The second-order valence-electron chi connectivity index (χ2n) is 6.72. The van der Waals surface area contributed by atoms with Crippen molar-refractivity contribution in [2.45, 2.75) is 6.42 Å². The van der Waals surface area contributed by atoms with Crippen LogP contribution in [0.1, 0.15) is 16.7 Å². The fraction of sp³-hybridized carbons (Fsp3) is 0.0870. The molecule has 0 saturated carbocycles. The van der Waals surface area contributed by atoms with Gasteiger partial charge in [-0.25, -0.2) is 9.40 Å². The van der Waals surface area contributed by atoms with Crippen molar-refractivity contribution < 1.29 is 13.9 Å². The van der Waals surface area contributed by atoms with E-state index in [9.17, 15) is 0 Å². The molecule has 0 spiro atoms. The lowest BCUT2D eigenvalue weighted by Gasteiger charge is -2.13. The van der Waals surface area contributed by atoms with Crippen LogP contribution in [0.4, 0.5) is 10.1 Å². The van der Waals surface area contributed by atoms with Gasteiger partial charge in [0.2, 0.25) is 5.90 Å². The molecule has 0 fully saturated rings. The summed E-state index contributed by atoms with van der Waals surface area (Å²) in [7, 11) is 0. The van der Waals surface area contributed by atoms with E-state index >= 15 is 4.39 Å². The Morgan fingerprint density at radius 2 is 2.12 bits per heavy atom. The van der Waals surface area contributed by atoms with E-state index in [4.69, 9.17) is 37.9 Å². The van der Waals surface area contributed by atoms with Crippen LogP contribution in [0.3, 0.4) is 0 Å². The lowest BCUT2D eigenvalue weighted by molar-refractivity contribution is 0.330. The Morgan fingerprint density at radius 1 is 1.28 bits per heavy atom. The Labute approximate surface area is 193 Å². The minimum Gasteiger partial charge on any atom is -0.456 e. The Morgan fingerprint density at radius 3 is 2.88 bits per heavy atom. The van der Waals surface area contributed by atoms with Crippen LogP contribution in [0, 0.1) is 17.1 Å². The van der Waals surface area contributed by atoms with Gasteiger partial charge < -0.3 is 9.47 Å². The van der Waals surface area contributed by atoms with Crippen molar-refractivity contribution in [1.82, 2.24) is 4.98 Å².